The number of benzene rings is 2. The Morgan fingerprint density at radius 1 is 1.25 bits per heavy atom. The molecule has 0 unspecified atom stereocenters. The first-order valence-electron chi connectivity index (χ1n) is 9.91. The number of anilines is 1. The van der Waals surface area contributed by atoms with Crippen LogP contribution in [0.25, 0.3) is 0 Å². The predicted molar refractivity (Wildman–Crippen MR) is 116 cm³/mol. The van der Waals surface area contributed by atoms with Gasteiger partial charge in [0.05, 0.1) is 26.2 Å². The average molecular weight is 402 g/mol. The number of hydrogen-bond donors (Lipinski definition) is 2. The molecule has 2 N–H and O–H groups in total. The maximum atomic E-state index is 10.4. The fraction of sp³-hybridized carbons (Fsp3) is 0.391. The van der Waals surface area contributed by atoms with E-state index in [-0.39, 0.29) is 0 Å². The zero-order valence-corrected chi connectivity index (χ0v) is 17.3. The summed E-state index contributed by atoms with van der Waals surface area (Å²) in [5, 5.41) is 11.2. The van der Waals surface area contributed by atoms with Gasteiger partial charge in [0.2, 0.25) is 0 Å². The molecule has 3 rings (SSSR count). The Labute approximate surface area is 173 Å². The van der Waals surface area contributed by atoms with Crippen molar-refractivity contribution in [1.29, 1.82) is 0 Å². The summed E-state index contributed by atoms with van der Waals surface area (Å²) in [5.74, 6) is 0.831. The Morgan fingerprint density at radius 2 is 2.00 bits per heavy atom. The van der Waals surface area contributed by atoms with E-state index in [4.69, 9.17) is 16.3 Å². The van der Waals surface area contributed by atoms with Crippen LogP contribution in [-0.4, -0.2) is 50.5 Å². The lowest BCUT2D eigenvalue weighted by atomic mass is 10.1. The average Bonchev–Trinajstić information content (AvgIpc) is 2.70. The van der Waals surface area contributed by atoms with Gasteiger partial charge in [-0.05, 0) is 42.7 Å². The summed E-state index contributed by atoms with van der Waals surface area (Å²) in [6, 6.07) is 14.0. The molecule has 0 aromatic heterocycles. The maximum Gasteiger partial charge on any atom is 0.137 e. The monoisotopic (exact) mass is 401 g/mol. The Morgan fingerprint density at radius 3 is 2.75 bits per heavy atom. The van der Waals surface area contributed by atoms with Crippen LogP contribution in [0.5, 0.6) is 5.75 Å². The second-order valence-electron chi connectivity index (χ2n) is 7.44. The Bertz CT molecular complexity index is 788. The number of nitrogens with one attached hydrogen (secondary N) is 1. The van der Waals surface area contributed by atoms with Crippen molar-refractivity contribution < 1.29 is 14.7 Å². The molecule has 1 aliphatic rings. The second-order valence-corrected chi connectivity index (χ2v) is 7.87. The second kappa shape index (κ2) is 9.97. The van der Waals surface area contributed by atoms with Crippen molar-refractivity contribution >= 4 is 17.3 Å². The molecular weight excluding hydrogens is 372 g/mol. The van der Waals surface area contributed by atoms with E-state index in [1.807, 2.05) is 42.5 Å². The topological polar surface area (TPSA) is 37.1 Å². The number of aliphatic hydroxyl groups is 1. The van der Waals surface area contributed by atoms with E-state index in [1.54, 1.807) is 0 Å². The molecule has 150 valence electrons. The van der Waals surface area contributed by atoms with Gasteiger partial charge in [0, 0.05) is 10.7 Å². The van der Waals surface area contributed by atoms with Gasteiger partial charge in [-0.3, -0.25) is 0 Å². The van der Waals surface area contributed by atoms with Gasteiger partial charge in [0.1, 0.15) is 25.0 Å². The quantitative estimate of drug-likeness (QED) is 0.667. The van der Waals surface area contributed by atoms with Crippen molar-refractivity contribution in [2.24, 2.45) is 0 Å². The molecule has 1 heterocycles. The Kier molecular flexibility index (Phi) is 7.37. The molecule has 2 aromatic rings. The summed E-state index contributed by atoms with van der Waals surface area (Å²) in [6.45, 7) is 10.8. The van der Waals surface area contributed by atoms with Gasteiger partial charge >= 0.3 is 0 Å². The molecular formula is C23H30ClN2O2+. The number of piperazine rings is 1. The van der Waals surface area contributed by atoms with E-state index in [2.05, 4.69) is 24.5 Å². The van der Waals surface area contributed by atoms with Crippen LogP contribution in [-0.2, 0) is 6.42 Å². The van der Waals surface area contributed by atoms with E-state index in [0.29, 0.717) is 13.2 Å². The van der Waals surface area contributed by atoms with Crippen LogP contribution >= 0.6 is 11.6 Å². The number of hydrogen-bond acceptors (Lipinski definition) is 3. The van der Waals surface area contributed by atoms with E-state index in [1.165, 1.54) is 16.2 Å². The van der Waals surface area contributed by atoms with Gasteiger partial charge < -0.3 is 19.6 Å². The Balaban J connectivity index is 1.47. The minimum absolute atomic E-state index is 0.314. The van der Waals surface area contributed by atoms with Crippen LogP contribution in [0.15, 0.2) is 55.1 Å². The molecule has 1 atom stereocenters. The number of para-hydroxylation sites is 1. The number of aliphatic hydroxyl groups excluding tert-OH is 1. The molecule has 5 heteroatoms. The fourth-order valence-electron chi connectivity index (χ4n) is 3.74. The van der Waals surface area contributed by atoms with Gasteiger partial charge in [-0.2, -0.15) is 0 Å². The van der Waals surface area contributed by atoms with Gasteiger partial charge in [-0.1, -0.05) is 41.9 Å². The molecule has 4 nitrogen and oxygen atoms in total. The largest absolute Gasteiger partial charge is 0.490 e. The highest BCUT2D eigenvalue weighted by molar-refractivity contribution is 6.30. The van der Waals surface area contributed by atoms with Crippen LogP contribution in [0.2, 0.25) is 5.02 Å². The first-order valence-corrected chi connectivity index (χ1v) is 10.3. The molecule has 0 spiro atoms. The minimum atomic E-state index is -0.480. The molecule has 0 aliphatic carbocycles. The molecule has 28 heavy (non-hydrogen) atoms. The summed E-state index contributed by atoms with van der Waals surface area (Å²) >= 11 is 6.17. The lowest BCUT2D eigenvalue weighted by Crippen LogP contribution is -3.16. The highest BCUT2D eigenvalue weighted by Crippen LogP contribution is 2.24. The summed E-state index contributed by atoms with van der Waals surface area (Å²) in [5.41, 5.74) is 3.57. The lowest BCUT2D eigenvalue weighted by Gasteiger charge is -2.35. The number of aryl methyl sites for hydroxylation is 1. The third-order valence-electron chi connectivity index (χ3n) is 5.27. The molecule has 2 aromatic carbocycles. The van der Waals surface area contributed by atoms with Crippen molar-refractivity contribution in [3.05, 3.63) is 71.3 Å². The molecule has 0 bridgehead atoms. The normalized spacial score (nSPS) is 16.0. The number of halogens is 1. The zero-order valence-electron chi connectivity index (χ0n) is 16.5. The molecule has 1 saturated heterocycles. The van der Waals surface area contributed by atoms with E-state index >= 15 is 0 Å². The van der Waals surface area contributed by atoms with Crippen molar-refractivity contribution in [2.45, 2.75) is 19.4 Å². The van der Waals surface area contributed by atoms with Gasteiger partial charge in [-0.25, -0.2) is 0 Å². The smallest absolute Gasteiger partial charge is 0.137 e. The van der Waals surface area contributed by atoms with Crippen molar-refractivity contribution in [3.63, 3.8) is 0 Å². The van der Waals surface area contributed by atoms with Crippen LogP contribution < -0.4 is 14.5 Å². The molecule has 0 radical (unpaired) electrons. The summed E-state index contributed by atoms with van der Waals surface area (Å²) in [4.78, 5) is 3.80. The number of quaternary nitrogens is 1. The van der Waals surface area contributed by atoms with Gasteiger partial charge in [0.25, 0.3) is 0 Å². The highest BCUT2D eigenvalue weighted by Gasteiger charge is 2.23. The Hall–Kier alpha value is -2.01. The van der Waals surface area contributed by atoms with Crippen LogP contribution in [0.4, 0.5) is 5.69 Å². The lowest BCUT2D eigenvalue weighted by molar-refractivity contribution is -0.903. The highest BCUT2D eigenvalue weighted by atomic mass is 35.5. The molecule has 0 saturated carbocycles. The van der Waals surface area contributed by atoms with Crippen molar-refractivity contribution in [1.82, 2.24) is 0 Å². The third kappa shape index (κ3) is 5.51. The zero-order chi connectivity index (χ0) is 19.9. The van der Waals surface area contributed by atoms with E-state index < -0.39 is 6.10 Å². The molecule has 0 amide bonds. The summed E-state index contributed by atoms with van der Waals surface area (Å²) in [6.07, 6.45) is 2.15. The fourth-order valence-corrected chi connectivity index (χ4v) is 3.90. The van der Waals surface area contributed by atoms with E-state index in [0.717, 1.165) is 48.9 Å². The van der Waals surface area contributed by atoms with E-state index in [9.17, 15) is 5.11 Å². The predicted octanol–water partition coefficient (Wildman–Crippen LogP) is 2.52. The number of nitrogens with zero attached hydrogens (tertiary/aromatic N) is 1. The van der Waals surface area contributed by atoms with Crippen molar-refractivity contribution in [2.75, 3.05) is 44.2 Å². The number of ether oxygens (including phenoxy) is 1. The van der Waals surface area contributed by atoms with Gasteiger partial charge in [0.15, 0.2) is 0 Å². The maximum absolute atomic E-state index is 10.4. The SMILES string of the molecule is C=CCc1ccccc1OC[C@H](O)C[NH+]1CCN(c2cc(Cl)ccc2C)CC1. The minimum Gasteiger partial charge on any atom is -0.490 e. The van der Waals surface area contributed by atoms with Crippen LogP contribution in [0.1, 0.15) is 11.1 Å². The van der Waals surface area contributed by atoms with Gasteiger partial charge in [-0.15, -0.1) is 6.58 Å². The molecule has 1 fully saturated rings. The number of rotatable bonds is 8. The summed E-state index contributed by atoms with van der Waals surface area (Å²) in [7, 11) is 0. The summed E-state index contributed by atoms with van der Waals surface area (Å²) < 4.78 is 5.88. The number of allylic oxidation sites excluding steroid dienone is 1. The van der Waals surface area contributed by atoms with Crippen LogP contribution in [0.3, 0.4) is 0 Å². The van der Waals surface area contributed by atoms with Crippen molar-refractivity contribution in [3.8, 4) is 5.75 Å². The van der Waals surface area contributed by atoms with Crippen LogP contribution in [0, 0.1) is 6.92 Å². The standard InChI is InChI=1S/C23H29ClN2O2/c1-3-6-19-7-4-5-8-23(19)28-17-21(27)16-25-11-13-26(14-12-25)22-15-20(24)10-9-18(22)2/h3-5,7-10,15,21,27H,1,6,11-14,16-17H2,2H3/p+1/t21-/m1/s1. The first-order chi connectivity index (χ1) is 13.6. The molecule has 1 aliphatic heterocycles. The first kappa shape index (κ1) is 20.7. The third-order valence-corrected chi connectivity index (χ3v) is 5.51.